The summed E-state index contributed by atoms with van der Waals surface area (Å²) in [5.41, 5.74) is 2.87. The molecule has 0 spiro atoms. The van der Waals surface area contributed by atoms with Crippen LogP contribution in [0.1, 0.15) is 11.3 Å². The summed E-state index contributed by atoms with van der Waals surface area (Å²) in [4.78, 5) is 0.971. The van der Waals surface area contributed by atoms with E-state index in [4.69, 9.17) is 16.1 Å². The summed E-state index contributed by atoms with van der Waals surface area (Å²) in [6, 6.07) is 13.7. The average molecular weight is 345 g/mol. The highest BCUT2D eigenvalue weighted by molar-refractivity contribution is 7.19. The fourth-order valence-electron chi connectivity index (χ4n) is 2.61. The number of fused-ring (bicyclic) bond motifs is 1. The molecule has 4 aromatic rings. The van der Waals surface area contributed by atoms with E-state index >= 15 is 0 Å². The molecule has 6 heteroatoms. The second kappa shape index (κ2) is 5.85. The third kappa shape index (κ3) is 2.79. The van der Waals surface area contributed by atoms with Gasteiger partial charge in [0.1, 0.15) is 5.69 Å². The van der Waals surface area contributed by atoms with Crippen LogP contribution in [0.5, 0.6) is 0 Å². The van der Waals surface area contributed by atoms with Crippen LogP contribution in [0.25, 0.3) is 21.5 Å². The number of aliphatic hydroxyl groups is 1. The van der Waals surface area contributed by atoms with Crippen LogP contribution in [0.3, 0.4) is 0 Å². The Morgan fingerprint density at radius 3 is 2.87 bits per heavy atom. The Kier molecular flexibility index (Phi) is 3.69. The molecule has 4 nitrogen and oxygen atoms in total. The number of rotatable bonds is 4. The Hall–Kier alpha value is -2.08. The summed E-state index contributed by atoms with van der Waals surface area (Å²) in [6.07, 6.45) is 2.02. The molecule has 4 rings (SSSR count). The summed E-state index contributed by atoms with van der Waals surface area (Å²) in [5.74, 6) is 0.732. The normalized spacial score (nSPS) is 11.4. The van der Waals surface area contributed by atoms with Gasteiger partial charge in [0, 0.05) is 17.8 Å². The summed E-state index contributed by atoms with van der Waals surface area (Å²) >= 11 is 7.43. The Bertz CT molecular complexity index is 970. The van der Waals surface area contributed by atoms with E-state index in [0.29, 0.717) is 6.54 Å². The minimum absolute atomic E-state index is 0.0527. The first kappa shape index (κ1) is 14.5. The third-order valence-corrected chi connectivity index (χ3v) is 4.97. The summed E-state index contributed by atoms with van der Waals surface area (Å²) in [7, 11) is 0. The lowest BCUT2D eigenvalue weighted by molar-refractivity contribution is 0.282. The fraction of sp³-hybridized carbons (Fsp3) is 0.118. The molecular formula is C17H13ClN2O2S. The van der Waals surface area contributed by atoms with Gasteiger partial charge < -0.3 is 14.2 Å². The molecule has 0 aliphatic rings. The van der Waals surface area contributed by atoms with E-state index in [0.717, 1.165) is 37.1 Å². The maximum atomic E-state index is 9.21. The van der Waals surface area contributed by atoms with Crippen molar-refractivity contribution in [3.05, 3.63) is 64.3 Å². The van der Waals surface area contributed by atoms with Gasteiger partial charge in [-0.3, -0.25) is 0 Å². The van der Waals surface area contributed by atoms with Gasteiger partial charge in [-0.2, -0.15) is 0 Å². The monoisotopic (exact) mass is 344 g/mol. The highest BCUT2D eigenvalue weighted by Crippen LogP contribution is 2.31. The maximum Gasteiger partial charge on any atom is 0.177 e. The van der Waals surface area contributed by atoms with Gasteiger partial charge in [0.15, 0.2) is 5.76 Å². The van der Waals surface area contributed by atoms with E-state index in [1.54, 1.807) is 0 Å². The van der Waals surface area contributed by atoms with Crippen molar-refractivity contribution in [2.45, 2.75) is 13.2 Å². The first-order valence-electron chi connectivity index (χ1n) is 7.13. The minimum Gasteiger partial charge on any atom is -0.392 e. The first-order chi connectivity index (χ1) is 11.2. The van der Waals surface area contributed by atoms with Crippen LogP contribution in [0.15, 0.2) is 53.2 Å². The van der Waals surface area contributed by atoms with Crippen LogP contribution in [-0.2, 0) is 13.2 Å². The van der Waals surface area contributed by atoms with Gasteiger partial charge in [-0.15, -0.1) is 11.3 Å². The lowest BCUT2D eigenvalue weighted by atomic mass is 10.2. The maximum absolute atomic E-state index is 9.21. The fourth-order valence-corrected chi connectivity index (χ4v) is 3.60. The quantitative estimate of drug-likeness (QED) is 0.590. The van der Waals surface area contributed by atoms with Gasteiger partial charge in [0.05, 0.1) is 22.4 Å². The van der Waals surface area contributed by atoms with E-state index in [1.807, 2.05) is 48.7 Å². The molecule has 3 aromatic heterocycles. The van der Waals surface area contributed by atoms with Gasteiger partial charge in [-0.25, -0.2) is 0 Å². The Balaban J connectivity index is 1.62. The molecule has 0 atom stereocenters. The van der Waals surface area contributed by atoms with E-state index < -0.39 is 0 Å². The highest BCUT2D eigenvalue weighted by Gasteiger charge is 2.10. The molecule has 0 unspecified atom stereocenters. The number of hydrogen-bond acceptors (Lipinski definition) is 4. The predicted molar refractivity (Wildman–Crippen MR) is 91.8 cm³/mol. The minimum atomic E-state index is 0.0527. The largest absolute Gasteiger partial charge is 0.392 e. The van der Waals surface area contributed by atoms with Crippen LogP contribution >= 0.6 is 22.9 Å². The van der Waals surface area contributed by atoms with Crippen molar-refractivity contribution >= 4 is 33.8 Å². The molecule has 3 heterocycles. The van der Waals surface area contributed by atoms with Crippen LogP contribution in [0.4, 0.5) is 0 Å². The van der Waals surface area contributed by atoms with E-state index in [1.165, 1.54) is 11.3 Å². The first-order valence-corrected chi connectivity index (χ1v) is 8.32. The van der Waals surface area contributed by atoms with Crippen molar-refractivity contribution in [1.82, 2.24) is 9.72 Å². The van der Waals surface area contributed by atoms with Crippen molar-refractivity contribution in [3.8, 4) is 10.6 Å². The molecular weight excluding hydrogens is 332 g/mol. The number of benzene rings is 1. The molecule has 0 fully saturated rings. The molecule has 0 radical (unpaired) electrons. The predicted octanol–water partition coefficient (Wildman–Crippen LogP) is 4.55. The molecule has 23 heavy (non-hydrogen) atoms. The third-order valence-electron chi connectivity index (χ3n) is 3.73. The van der Waals surface area contributed by atoms with Gasteiger partial charge in [0.25, 0.3) is 0 Å². The summed E-state index contributed by atoms with van der Waals surface area (Å²) in [5, 5.41) is 14.5. The van der Waals surface area contributed by atoms with Crippen molar-refractivity contribution in [2.75, 3.05) is 0 Å². The molecule has 1 aromatic carbocycles. The zero-order valence-electron chi connectivity index (χ0n) is 12.1. The lowest BCUT2D eigenvalue weighted by Crippen LogP contribution is -1.97. The molecule has 1 N–H and O–H groups in total. The molecule has 0 saturated heterocycles. The van der Waals surface area contributed by atoms with Gasteiger partial charge in [-0.05, 0) is 41.3 Å². The number of nitrogens with zero attached hydrogens (tertiary/aromatic N) is 2. The average Bonchev–Trinajstić information content (AvgIpc) is 3.28. The molecule has 0 bridgehead atoms. The van der Waals surface area contributed by atoms with Crippen LogP contribution in [0, 0.1) is 0 Å². The Morgan fingerprint density at radius 1 is 1.17 bits per heavy atom. The van der Waals surface area contributed by atoms with Crippen LogP contribution < -0.4 is 0 Å². The topological polar surface area (TPSA) is 51.2 Å². The highest BCUT2D eigenvalue weighted by atomic mass is 35.5. The van der Waals surface area contributed by atoms with Gasteiger partial charge in [0.2, 0.25) is 0 Å². The zero-order valence-corrected chi connectivity index (χ0v) is 13.6. The standard InChI is InChI=1S/C17H13ClN2O2S/c18-17-4-3-16(23-17)15-8-13(19-22-15)9-20-6-5-12-7-11(10-21)1-2-14(12)20/h1-8,21H,9-10H2. The Labute approximate surface area is 141 Å². The van der Waals surface area contributed by atoms with Crippen LogP contribution in [0.2, 0.25) is 4.34 Å². The smallest absolute Gasteiger partial charge is 0.177 e. The van der Waals surface area contributed by atoms with Crippen LogP contribution in [-0.4, -0.2) is 14.8 Å². The van der Waals surface area contributed by atoms with Gasteiger partial charge in [-0.1, -0.05) is 22.8 Å². The number of hydrogen-bond donors (Lipinski definition) is 1. The van der Waals surface area contributed by atoms with Crippen molar-refractivity contribution in [1.29, 1.82) is 0 Å². The van der Waals surface area contributed by atoms with E-state index in [-0.39, 0.29) is 6.61 Å². The second-order valence-electron chi connectivity index (χ2n) is 5.28. The molecule has 116 valence electrons. The number of halogens is 1. The van der Waals surface area contributed by atoms with Crippen molar-refractivity contribution < 1.29 is 9.63 Å². The lowest BCUT2D eigenvalue weighted by Gasteiger charge is -2.03. The van der Waals surface area contributed by atoms with E-state index in [9.17, 15) is 5.11 Å². The molecule has 0 aliphatic carbocycles. The zero-order chi connectivity index (χ0) is 15.8. The summed E-state index contributed by atoms with van der Waals surface area (Å²) < 4.78 is 8.26. The van der Waals surface area contributed by atoms with Gasteiger partial charge >= 0.3 is 0 Å². The number of thiophene rings is 1. The SMILES string of the molecule is OCc1ccc2c(ccn2Cc2cc(-c3ccc(Cl)s3)on2)c1. The number of aromatic nitrogens is 2. The second-order valence-corrected chi connectivity index (χ2v) is 7.00. The molecule has 0 aliphatic heterocycles. The molecule has 0 amide bonds. The number of aliphatic hydroxyl groups excluding tert-OH is 1. The van der Waals surface area contributed by atoms with Crippen molar-refractivity contribution in [3.63, 3.8) is 0 Å². The molecule has 0 saturated carbocycles. The van der Waals surface area contributed by atoms with E-state index in [2.05, 4.69) is 9.72 Å². The van der Waals surface area contributed by atoms with Crippen molar-refractivity contribution in [2.24, 2.45) is 0 Å². The summed E-state index contributed by atoms with van der Waals surface area (Å²) in [6.45, 7) is 0.682. The Morgan fingerprint density at radius 2 is 2.09 bits per heavy atom.